The number of H-pyrrole nitrogens is 1. The van der Waals surface area contributed by atoms with Gasteiger partial charge in [0, 0.05) is 31.1 Å². The lowest BCUT2D eigenvalue weighted by Gasteiger charge is -2.32. The number of piperidine rings is 1. The number of rotatable bonds is 5. The lowest BCUT2D eigenvalue weighted by Crippen LogP contribution is -2.41. The van der Waals surface area contributed by atoms with Crippen LogP contribution in [0.1, 0.15) is 43.2 Å². The Hall–Kier alpha value is -3.69. The van der Waals surface area contributed by atoms with Crippen LogP contribution in [0.5, 0.6) is 0 Å². The molecule has 10 nitrogen and oxygen atoms in total. The third-order valence-corrected chi connectivity index (χ3v) is 6.08. The van der Waals surface area contributed by atoms with E-state index in [4.69, 9.17) is 5.73 Å². The molecule has 32 heavy (non-hydrogen) atoms. The summed E-state index contributed by atoms with van der Waals surface area (Å²) in [5.74, 6) is -1.90. The van der Waals surface area contributed by atoms with Crippen molar-refractivity contribution in [2.45, 2.75) is 38.5 Å². The molecule has 0 spiro atoms. The van der Waals surface area contributed by atoms with Gasteiger partial charge in [-0.25, -0.2) is 0 Å². The molecule has 2 aromatic rings. The molecule has 4 rings (SSSR count). The fourth-order valence-corrected chi connectivity index (χ4v) is 4.16. The highest BCUT2D eigenvalue weighted by Gasteiger charge is 2.35. The van der Waals surface area contributed by atoms with Crippen molar-refractivity contribution in [3.63, 3.8) is 0 Å². The topological polar surface area (TPSA) is 150 Å². The number of primary amides is 1. The van der Waals surface area contributed by atoms with Gasteiger partial charge >= 0.3 is 0 Å². The molecule has 3 amide bonds. The first-order chi connectivity index (χ1) is 15.4. The number of carbonyl (C=O) groups is 3. The highest BCUT2D eigenvalue weighted by Crippen LogP contribution is 2.31. The van der Waals surface area contributed by atoms with Gasteiger partial charge in [-0.3, -0.25) is 24.2 Å². The molecule has 3 heterocycles. The van der Waals surface area contributed by atoms with E-state index in [-0.39, 0.29) is 35.5 Å². The van der Waals surface area contributed by atoms with Crippen LogP contribution >= 0.6 is 0 Å². The van der Waals surface area contributed by atoms with Crippen molar-refractivity contribution in [3.8, 4) is 0 Å². The van der Waals surface area contributed by atoms with Crippen LogP contribution in [-0.2, 0) is 20.8 Å². The molecule has 0 bridgehead atoms. The molecule has 0 saturated carbocycles. The van der Waals surface area contributed by atoms with E-state index < -0.39 is 17.4 Å². The molecule has 2 aliphatic heterocycles. The predicted octanol–water partition coefficient (Wildman–Crippen LogP) is 1.10. The lowest BCUT2D eigenvalue weighted by atomic mass is 9.92. The number of hydrogen-bond donors (Lipinski definition) is 4. The maximum atomic E-state index is 12.9. The summed E-state index contributed by atoms with van der Waals surface area (Å²) in [6.07, 6.45) is 1.86. The van der Waals surface area contributed by atoms with Crippen LogP contribution in [0, 0.1) is 5.92 Å². The number of nitrogens with zero attached hydrogens (tertiary/aromatic N) is 2. The SMILES string of the molecule is CCc1ccc(NC(=O)[C@H]2CC(=O)Nc3nc(N4CCC(C(N)=O)CC4)[nH]c(=O)c32)cc1. The first-order valence-electron chi connectivity index (χ1n) is 10.7. The number of anilines is 3. The summed E-state index contributed by atoms with van der Waals surface area (Å²) >= 11 is 0. The molecule has 1 aromatic carbocycles. The molecule has 0 aliphatic carbocycles. The molecule has 0 unspecified atom stereocenters. The van der Waals surface area contributed by atoms with Gasteiger partial charge in [0.25, 0.3) is 5.56 Å². The first kappa shape index (κ1) is 21.5. The van der Waals surface area contributed by atoms with Crippen LogP contribution in [0.4, 0.5) is 17.5 Å². The number of nitrogens with one attached hydrogen (secondary N) is 3. The van der Waals surface area contributed by atoms with Gasteiger partial charge in [-0.15, -0.1) is 0 Å². The highest BCUT2D eigenvalue weighted by molar-refractivity contribution is 6.04. The first-order valence-corrected chi connectivity index (χ1v) is 10.7. The Morgan fingerprint density at radius 2 is 1.88 bits per heavy atom. The summed E-state index contributed by atoms with van der Waals surface area (Å²) in [4.78, 5) is 58.5. The second-order valence-corrected chi connectivity index (χ2v) is 8.16. The van der Waals surface area contributed by atoms with Crippen LogP contribution in [0.2, 0.25) is 0 Å². The average Bonchev–Trinajstić information content (AvgIpc) is 2.78. The fraction of sp³-hybridized carbons (Fsp3) is 0.409. The molecule has 5 N–H and O–H groups in total. The molecule has 0 radical (unpaired) electrons. The van der Waals surface area contributed by atoms with Crippen LogP contribution < -0.4 is 26.8 Å². The van der Waals surface area contributed by atoms with E-state index in [2.05, 4.69) is 20.6 Å². The number of hydrogen-bond acceptors (Lipinski definition) is 6. The number of aromatic amines is 1. The summed E-state index contributed by atoms with van der Waals surface area (Å²) in [5, 5.41) is 5.41. The summed E-state index contributed by atoms with van der Waals surface area (Å²) < 4.78 is 0. The fourth-order valence-electron chi connectivity index (χ4n) is 4.16. The zero-order chi connectivity index (χ0) is 22.8. The minimum Gasteiger partial charge on any atom is -0.369 e. The molecule has 2 aliphatic rings. The number of carbonyl (C=O) groups excluding carboxylic acids is 3. The highest BCUT2D eigenvalue weighted by atomic mass is 16.2. The van der Waals surface area contributed by atoms with Crippen molar-refractivity contribution in [2.24, 2.45) is 11.7 Å². The molecule has 168 valence electrons. The summed E-state index contributed by atoms with van der Waals surface area (Å²) in [5.41, 5.74) is 6.78. The smallest absolute Gasteiger partial charge is 0.258 e. The number of aromatic nitrogens is 2. The van der Waals surface area contributed by atoms with Crippen molar-refractivity contribution in [2.75, 3.05) is 28.6 Å². The van der Waals surface area contributed by atoms with Gasteiger partial charge in [-0.1, -0.05) is 19.1 Å². The van der Waals surface area contributed by atoms with Gasteiger partial charge in [0.2, 0.25) is 23.7 Å². The van der Waals surface area contributed by atoms with Crippen LogP contribution in [0.25, 0.3) is 0 Å². The second-order valence-electron chi connectivity index (χ2n) is 8.16. The molecule has 1 fully saturated rings. The Bertz CT molecular complexity index is 1100. The number of benzene rings is 1. The Kier molecular flexibility index (Phi) is 5.93. The van der Waals surface area contributed by atoms with Gasteiger partial charge in [-0.05, 0) is 37.0 Å². The zero-order valence-electron chi connectivity index (χ0n) is 17.8. The van der Waals surface area contributed by atoms with Gasteiger partial charge in [0.15, 0.2) is 0 Å². The largest absolute Gasteiger partial charge is 0.369 e. The van der Waals surface area contributed by atoms with Crippen molar-refractivity contribution >= 4 is 35.2 Å². The lowest BCUT2D eigenvalue weighted by molar-refractivity contribution is -0.123. The number of fused-ring (bicyclic) bond motifs is 1. The van der Waals surface area contributed by atoms with E-state index in [0.717, 1.165) is 12.0 Å². The maximum absolute atomic E-state index is 12.9. The third-order valence-electron chi connectivity index (χ3n) is 6.08. The minimum atomic E-state index is -0.949. The summed E-state index contributed by atoms with van der Waals surface area (Å²) in [6.45, 7) is 3.04. The van der Waals surface area contributed by atoms with Crippen molar-refractivity contribution in [1.82, 2.24) is 9.97 Å². The number of nitrogens with two attached hydrogens (primary N) is 1. The van der Waals surface area contributed by atoms with Gasteiger partial charge in [0.05, 0.1) is 11.5 Å². The molecule has 1 aromatic heterocycles. The molecule has 1 atom stereocenters. The Morgan fingerprint density at radius 1 is 1.19 bits per heavy atom. The van der Waals surface area contributed by atoms with Crippen molar-refractivity contribution in [1.29, 1.82) is 0 Å². The van der Waals surface area contributed by atoms with Crippen molar-refractivity contribution in [3.05, 3.63) is 45.7 Å². The average molecular weight is 438 g/mol. The van der Waals surface area contributed by atoms with E-state index in [1.54, 1.807) is 12.1 Å². The number of aryl methyl sites for hydroxylation is 1. The molecular weight excluding hydrogens is 412 g/mol. The molecule has 1 saturated heterocycles. The van der Waals surface area contributed by atoms with E-state index in [1.165, 1.54) is 0 Å². The van der Waals surface area contributed by atoms with Crippen LogP contribution in [-0.4, -0.2) is 40.8 Å². The zero-order valence-corrected chi connectivity index (χ0v) is 17.8. The van der Waals surface area contributed by atoms with E-state index in [1.807, 2.05) is 24.0 Å². The van der Waals surface area contributed by atoms with E-state index >= 15 is 0 Å². The Morgan fingerprint density at radius 3 is 2.50 bits per heavy atom. The molecule has 10 heteroatoms. The Balaban J connectivity index is 1.57. The molecular formula is C22H26N6O4. The number of amides is 3. The van der Waals surface area contributed by atoms with Crippen molar-refractivity contribution < 1.29 is 14.4 Å². The van der Waals surface area contributed by atoms with Crippen LogP contribution in [0.15, 0.2) is 29.1 Å². The predicted molar refractivity (Wildman–Crippen MR) is 119 cm³/mol. The third kappa shape index (κ3) is 4.34. The van der Waals surface area contributed by atoms with E-state index in [0.29, 0.717) is 37.6 Å². The monoisotopic (exact) mass is 438 g/mol. The van der Waals surface area contributed by atoms with Crippen LogP contribution in [0.3, 0.4) is 0 Å². The standard InChI is InChI=1S/C22H26N6O4/c1-2-12-3-5-14(6-4-12)24-20(31)15-11-16(29)25-19-17(15)21(32)27-22(26-19)28-9-7-13(8-10-28)18(23)30/h3-6,13,15H,2,7-11H2,1H3,(H2,23,30)(H,24,31)(H2,25,26,27,29,32)/t15-/m0/s1. The summed E-state index contributed by atoms with van der Waals surface area (Å²) in [7, 11) is 0. The second kappa shape index (κ2) is 8.81. The minimum absolute atomic E-state index is 0.0958. The Labute approximate surface area is 184 Å². The normalized spacial score (nSPS) is 18.6. The summed E-state index contributed by atoms with van der Waals surface area (Å²) in [6, 6.07) is 7.42. The quantitative estimate of drug-likeness (QED) is 0.549. The van der Waals surface area contributed by atoms with Gasteiger partial charge in [0.1, 0.15) is 5.82 Å². The van der Waals surface area contributed by atoms with Gasteiger partial charge < -0.3 is 21.3 Å². The van der Waals surface area contributed by atoms with Gasteiger partial charge in [-0.2, -0.15) is 4.98 Å². The maximum Gasteiger partial charge on any atom is 0.258 e. The van der Waals surface area contributed by atoms with E-state index in [9.17, 15) is 19.2 Å².